The molecule has 0 spiro atoms. The van der Waals surface area contributed by atoms with Crippen LogP contribution < -0.4 is 11.5 Å². The van der Waals surface area contributed by atoms with Gasteiger partial charge >= 0.3 is 23.9 Å². The van der Waals surface area contributed by atoms with Crippen molar-refractivity contribution in [2.24, 2.45) is 46.0 Å². The number of carbonyl (C=O) groups excluding carboxylic acids is 4. The Bertz CT molecular complexity index is 1070. The van der Waals surface area contributed by atoms with E-state index in [1.807, 2.05) is 20.8 Å². The first-order valence-corrected chi connectivity index (χ1v) is 21.3. The van der Waals surface area contributed by atoms with Crippen LogP contribution in [0.4, 0.5) is 0 Å². The smallest absolute Gasteiger partial charge is 0.307 e. The Morgan fingerprint density at radius 2 is 1.38 bits per heavy atom. The molecule has 1 aliphatic carbocycles. The minimum absolute atomic E-state index is 0.109. The maximum absolute atomic E-state index is 13.3. The Hall–Kier alpha value is -2.20. The zero-order valence-electron chi connectivity index (χ0n) is 35.3. The molecule has 0 heterocycles. The van der Waals surface area contributed by atoms with Gasteiger partial charge in [-0.3, -0.25) is 19.2 Å². The predicted octanol–water partition coefficient (Wildman–Crippen LogP) is 8.83. The van der Waals surface area contributed by atoms with Gasteiger partial charge in [-0.25, -0.2) is 0 Å². The summed E-state index contributed by atoms with van der Waals surface area (Å²) in [6, 6.07) is 0. The molecule has 310 valence electrons. The average Bonchev–Trinajstić information content (AvgIpc) is 3.42. The molecule has 53 heavy (non-hydrogen) atoms. The molecule has 0 unspecified atom stereocenters. The summed E-state index contributed by atoms with van der Waals surface area (Å²) in [7, 11) is 0. The topological polar surface area (TPSA) is 157 Å². The molecule has 4 N–H and O–H groups in total. The van der Waals surface area contributed by atoms with Crippen LogP contribution in [-0.2, 0) is 38.1 Å². The molecule has 0 radical (unpaired) electrons. The molecule has 1 fully saturated rings. The highest BCUT2D eigenvalue weighted by molar-refractivity contribution is 5.70. The van der Waals surface area contributed by atoms with E-state index in [2.05, 4.69) is 41.5 Å². The van der Waals surface area contributed by atoms with E-state index in [-0.39, 0.29) is 96.7 Å². The van der Waals surface area contributed by atoms with Crippen molar-refractivity contribution in [3.8, 4) is 0 Å². The molecular weight excluding hydrogens is 672 g/mol. The highest BCUT2D eigenvalue weighted by atomic mass is 16.6. The minimum atomic E-state index is -0.351. The van der Waals surface area contributed by atoms with Gasteiger partial charge in [-0.1, -0.05) is 74.7 Å². The maximum atomic E-state index is 13.3. The summed E-state index contributed by atoms with van der Waals surface area (Å²) in [5.74, 6) is 0.0417. The van der Waals surface area contributed by atoms with Crippen molar-refractivity contribution in [3.05, 3.63) is 0 Å². The Balaban J connectivity index is 3.34. The fourth-order valence-corrected chi connectivity index (χ4v) is 8.47. The zero-order valence-corrected chi connectivity index (χ0v) is 35.3. The molecule has 10 heteroatoms. The van der Waals surface area contributed by atoms with E-state index in [1.54, 1.807) is 0 Å². The Morgan fingerprint density at radius 1 is 0.755 bits per heavy atom. The highest BCUT2D eigenvalue weighted by Crippen LogP contribution is 2.56. The average molecular weight is 753 g/mol. The van der Waals surface area contributed by atoms with Crippen molar-refractivity contribution in [1.29, 1.82) is 0 Å². The molecule has 0 aromatic rings. The predicted molar refractivity (Wildman–Crippen MR) is 212 cm³/mol. The van der Waals surface area contributed by atoms with Crippen molar-refractivity contribution in [2.75, 3.05) is 19.7 Å². The molecule has 0 amide bonds. The summed E-state index contributed by atoms with van der Waals surface area (Å²) in [6.45, 7) is 20.4. The third-order valence-corrected chi connectivity index (χ3v) is 12.6. The standard InChI is InChI=1S/C43H80N2O8/c1-10-13-14-15-29-50-38(46)20-17-31(4)36-19-18-32(5)43(36,9)37(53-41(49)24-28-45)30-33(6)42(8,25-21-34(7)51-39(47)16-11-2)26-22-35(12-3)52-40(48)23-27-44/h31-37H,10-30,44-45H2,1-9H3/t31-,32-,33-,34+,35+,36-,37+,42-,43+/m1/s1. The number of unbranched alkanes of at least 4 members (excludes halogenated alkanes) is 3. The second-order valence-corrected chi connectivity index (χ2v) is 16.7. The van der Waals surface area contributed by atoms with Crippen LogP contribution in [0.2, 0.25) is 0 Å². The summed E-state index contributed by atoms with van der Waals surface area (Å²) >= 11 is 0. The molecule has 0 aromatic carbocycles. The molecular formula is C43H80N2O8. The number of carbonyl (C=O) groups is 4. The van der Waals surface area contributed by atoms with E-state index >= 15 is 0 Å². The van der Waals surface area contributed by atoms with Crippen LogP contribution in [-0.4, -0.2) is 61.9 Å². The van der Waals surface area contributed by atoms with E-state index in [4.69, 9.17) is 30.4 Å². The normalized spacial score (nSPS) is 22.5. The molecule has 0 aromatic heterocycles. The summed E-state index contributed by atoms with van der Waals surface area (Å²) in [6.07, 6.45) is 12.4. The van der Waals surface area contributed by atoms with Crippen LogP contribution in [0, 0.1) is 34.5 Å². The van der Waals surface area contributed by atoms with Gasteiger partial charge in [0, 0.05) is 31.3 Å². The number of ether oxygens (including phenoxy) is 4. The van der Waals surface area contributed by atoms with Crippen molar-refractivity contribution in [2.45, 2.75) is 196 Å². The van der Waals surface area contributed by atoms with E-state index in [1.165, 1.54) is 0 Å². The van der Waals surface area contributed by atoms with Crippen molar-refractivity contribution in [1.82, 2.24) is 0 Å². The van der Waals surface area contributed by atoms with Gasteiger partial charge in [-0.15, -0.1) is 0 Å². The fourth-order valence-electron chi connectivity index (χ4n) is 8.47. The van der Waals surface area contributed by atoms with Crippen LogP contribution in [0.1, 0.15) is 178 Å². The van der Waals surface area contributed by atoms with Gasteiger partial charge in [0.25, 0.3) is 0 Å². The van der Waals surface area contributed by atoms with E-state index in [0.29, 0.717) is 51.0 Å². The van der Waals surface area contributed by atoms with Crippen LogP contribution in [0.25, 0.3) is 0 Å². The summed E-state index contributed by atoms with van der Waals surface area (Å²) in [4.78, 5) is 50.6. The maximum Gasteiger partial charge on any atom is 0.307 e. The first-order chi connectivity index (χ1) is 25.1. The van der Waals surface area contributed by atoms with E-state index in [9.17, 15) is 19.2 Å². The summed E-state index contributed by atoms with van der Waals surface area (Å²) in [5.41, 5.74) is 10.9. The molecule has 1 aliphatic rings. The van der Waals surface area contributed by atoms with E-state index in [0.717, 1.165) is 64.2 Å². The highest BCUT2D eigenvalue weighted by Gasteiger charge is 2.53. The van der Waals surface area contributed by atoms with Crippen LogP contribution in [0.3, 0.4) is 0 Å². The van der Waals surface area contributed by atoms with Gasteiger partial charge in [-0.05, 0) is 107 Å². The number of esters is 4. The fraction of sp³-hybridized carbons (Fsp3) is 0.907. The van der Waals surface area contributed by atoms with Crippen LogP contribution in [0.15, 0.2) is 0 Å². The van der Waals surface area contributed by atoms with Gasteiger partial charge < -0.3 is 30.4 Å². The first-order valence-electron chi connectivity index (χ1n) is 21.3. The lowest BCUT2D eigenvalue weighted by Gasteiger charge is -2.47. The SMILES string of the molecule is CCCCCCOC(=O)CC[C@@H](C)[C@H]1CC[C@@H](C)[C@]1(C)[C@H](C[C@@H](C)[C@@](C)(CC[C@H](CC)OC(=O)CCN)CC[C@H](C)OC(=O)CCC)OC(=O)CCN. The second-order valence-electron chi connectivity index (χ2n) is 16.7. The van der Waals surface area contributed by atoms with Gasteiger partial charge in [0.2, 0.25) is 0 Å². The molecule has 0 aliphatic heterocycles. The third kappa shape index (κ3) is 17.0. The Labute approximate surface area is 323 Å². The second kappa shape index (κ2) is 25.8. The van der Waals surface area contributed by atoms with Gasteiger partial charge in [0.15, 0.2) is 0 Å². The third-order valence-electron chi connectivity index (χ3n) is 12.6. The molecule has 0 saturated heterocycles. The van der Waals surface area contributed by atoms with Crippen molar-refractivity contribution < 1.29 is 38.1 Å². The number of nitrogens with two attached hydrogens (primary N) is 2. The number of hydrogen-bond donors (Lipinski definition) is 2. The zero-order chi connectivity index (χ0) is 40.0. The minimum Gasteiger partial charge on any atom is -0.466 e. The van der Waals surface area contributed by atoms with Crippen LogP contribution >= 0.6 is 0 Å². The van der Waals surface area contributed by atoms with Crippen molar-refractivity contribution >= 4 is 23.9 Å². The van der Waals surface area contributed by atoms with Gasteiger partial charge in [-0.2, -0.15) is 0 Å². The lowest BCUT2D eigenvalue weighted by atomic mass is 9.61. The van der Waals surface area contributed by atoms with Gasteiger partial charge in [0.05, 0.1) is 25.6 Å². The van der Waals surface area contributed by atoms with Gasteiger partial charge in [0.1, 0.15) is 12.2 Å². The molecule has 1 rings (SSSR count). The summed E-state index contributed by atoms with van der Waals surface area (Å²) in [5, 5.41) is 0. The molecule has 9 atom stereocenters. The first kappa shape index (κ1) is 48.8. The summed E-state index contributed by atoms with van der Waals surface area (Å²) < 4.78 is 23.6. The molecule has 10 nitrogen and oxygen atoms in total. The molecule has 0 bridgehead atoms. The quantitative estimate of drug-likeness (QED) is 0.0430. The number of rotatable bonds is 29. The Kier molecular flexibility index (Phi) is 23.8. The lowest BCUT2D eigenvalue weighted by Crippen LogP contribution is -2.47. The molecule has 1 saturated carbocycles. The monoisotopic (exact) mass is 753 g/mol. The van der Waals surface area contributed by atoms with Crippen molar-refractivity contribution in [3.63, 3.8) is 0 Å². The largest absolute Gasteiger partial charge is 0.466 e. The Morgan fingerprint density at radius 3 is 1.98 bits per heavy atom. The van der Waals surface area contributed by atoms with E-state index < -0.39 is 0 Å². The number of hydrogen-bond acceptors (Lipinski definition) is 10. The lowest BCUT2D eigenvalue weighted by molar-refractivity contribution is -0.164. The van der Waals surface area contributed by atoms with Crippen LogP contribution in [0.5, 0.6) is 0 Å².